The van der Waals surface area contributed by atoms with E-state index in [9.17, 15) is 23.5 Å². The topological polar surface area (TPSA) is 86.6 Å². The van der Waals surface area contributed by atoms with Gasteiger partial charge in [0.15, 0.2) is 0 Å². The molecule has 1 aromatic carbocycles. The highest BCUT2D eigenvalue weighted by Gasteiger charge is 2.26. The van der Waals surface area contributed by atoms with Gasteiger partial charge < -0.3 is 15.5 Å². The predicted molar refractivity (Wildman–Crippen MR) is 69.3 cm³/mol. The SMILES string of the molecule is CC(O)(CNC(=O)c1c(F)cc(Br)cc1F)CC(=O)O. The van der Waals surface area contributed by atoms with Crippen molar-refractivity contribution in [3.63, 3.8) is 0 Å². The second kappa shape index (κ2) is 6.27. The summed E-state index contributed by atoms with van der Waals surface area (Å²) in [5.74, 6) is -4.46. The van der Waals surface area contributed by atoms with Gasteiger partial charge in [0.25, 0.3) is 5.91 Å². The number of carboxylic acids is 1. The molecule has 0 aliphatic heterocycles. The number of rotatable bonds is 5. The fourth-order valence-corrected chi connectivity index (χ4v) is 1.91. The molecule has 0 saturated heterocycles. The summed E-state index contributed by atoms with van der Waals surface area (Å²) in [5, 5.41) is 20.3. The second-order valence-corrected chi connectivity index (χ2v) is 5.41. The number of nitrogens with one attached hydrogen (secondary N) is 1. The van der Waals surface area contributed by atoms with Crippen LogP contribution in [0.5, 0.6) is 0 Å². The Morgan fingerprint density at radius 1 is 1.35 bits per heavy atom. The van der Waals surface area contributed by atoms with Gasteiger partial charge in [-0.1, -0.05) is 15.9 Å². The number of aliphatic carboxylic acids is 1. The van der Waals surface area contributed by atoms with Gasteiger partial charge in [0, 0.05) is 11.0 Å². The molecule has 0 fully saturated rings. The van der Waals surface area contributed by atoms with E-state index in [1.54, 1.807) is 0 Å². The average molecular weight is 352 g/mol. The van der Waals surface area contributed by atoms with Gasteiger partial charge in [-0.15, -0.1) is 0 Å². The number of carboxylic acid groups (broad SMARTS) is 1. The van der Waals surface area contributed by atoms with Gasteiger partial charge in [0.05, 0.1) is 12.0 Å². The quantitative estimate of drug-likeness (QED) is 0.753. The van der Waals surface area contributed by atoms with Crippen molar-refractivity contribution >= 4 is 27.8 Å². The van der Waals surface area contributed by atoms with Gasteiger partial charge in [0.2, 0.25) is 0 Å². The lowest BCUT2D eigenvalue weighted by Gasteiger charge is -2.21. The summed E-state index contributed by atoms with van der Waals surface area (Å²) in [6.45, 7) is 0.739. The summed E-state index contributed by atoms with van der Waals surface area (Å²) < 4.78 is 27.1. The van der Waals surface area contributed by atoms with E-state index in [1.165, 1.54) is 6.92 Å². The van der Waals surface area contributed by atoms with E-state index in [2.05, 4.69) is 21.2 Å². The van der Waals surface area contributed by atoms with Crippen LogP contribution in [0.2, 0.25) is 0 Å². The number of benzene rings is 1. The minimum absolute atomic E-state index is 0.141. The molecule has 0 heterocycles. The van der Waals surface area contributed by atoms with E-state index < -0.39 is 47.6 Å². The zero-order chi connectivity index (χ0) is 15.5. The second-order valence-electron chi connectivity index (χ2n) is 4.49. The first-order valence-corrected chi connectivity index (χ1v) is 6.28. The molecule has 110 valence electrons. The lowest BCUT2D eigenvalue weighted by atomic mass is 10.0. The molecule has 0 bridgehead atoms. The van der Waals surface area contributed by atoms with Crippen LogP contribution in [0.4, 0.5) is 8.78 Å². The van der Waals surface area contributed by atoms with Crippen LogP contribution >= 0.6 is 15.9 Å². The molecule has 20 heavy (non-hydrogen) atoms. The molecule has 1 amide bonds. The Bertz CT molecular complexity index is 525. The van der Waals surface area contributed by atoms with Gasteiger partial charge in [0.1, 0.15) is 17.2 Å². The molecular formula is C12H12BrF2NO4. The average Bonchev–Trinajstić information content (AvgIpc) is 2.23. The molecule has 1 atom stereocenters. The number of halogens is 3. The number of aliphatic hydroxyl groups is 1. The largest absolute Gasteiger partial charge is 0.481 e. The molecule has 5 nitrogen and oxygen atoms in total. The molecule has 1 unspecified atom stereocenters. The van der Waals surface area contributed by atoms with E-state index in [0.29, 0.717) is 0 Å². The van der Waals surface area contributed by atoms with Crippen LogP contribution in [-0.2, 0) is 4.79 Å². The minimum Gasteiger partial charge on any atom is -0.481 e. The third kappa shape index (κ3) is 4.53. The highest BCUT2D eigenvalue weighted by atomic mass is 79.9. The summed E-state index contributed by atoms with van der Waals surface area (Å²) in [6, 6.07) is 1.85. The number of hydrogen-bond acceptors (Lipinski definition) is 3. The van der Waals surface area contributed by atoms with E-state index in [4.69, 9.17) is 5.11 Å². The Balaban J connectivity index is 2.80. The summed E-state index contributed by atoms with van der Waals surface area (Å²) in [7, 11) is 0. The molecule has 1 aromatic rings. The molecule has 0 aliphatic carbocycles. The van der Waals surface area contributed by atoms with Crippen molar-refractivity contribution in [1.82, 2.24) is 5.32 Å². The van der Waals surface area contributed by atoms with Gasteiger partial charge in [-0.2, -0.15) is 0 Å². The van der Waals surface area contributed by atoms with Crippen LogP contribution in [0.3, 0.4) is 0 Å². The molecular weight excluding hydrogens is 340 g/mol. The maximum atomic E-state index is 13.5. The van der Waals surface area contributed by atoms with E-state index in [-0.39, 0.29) is 4.47 Å². The first-order valence-electron chi connectivity index (χ1n) is 5.49. The summed E-state index contributed by atoms with van der Waals surface area (Å²) in [4.78, 5) is 22.1. The van der Waals surface area contributed by atoms with Crippen molar-refractivity contribution in [3.8, 4) is 0 Å². The monoisotopic (exact) mass is 351 g/mol. The molecule has 8 heteroatoms. The standard InChI is InChI=1S/C12H12BrF2NO4/c1-12(20,4-9(17)18)5-16-11(19)10-7(14)2-6(13)3-8(10)15/h2-3,20H,4-5H2,1H3,(H,16,19)(H,17,18). The first-order chi connectivity index (χ1) is 9.12. The van der Waals surface area contributed by atoms with E-state index in [0.717, 1.165) is 12.1 Å². The van der Waals surface area contributed by atoms with Gasteiger partial charge in [-0.3, -0.25) is 9.59 Å². The molecule has 1 rings (SSSR count). The first kappa shape index (κ1) is 16.5. The summed E-state index contributed by atoms with van der Waals surface area (Å²) in [5.41, 5.74) is -2.51. The highest BCUT2D eigenvalue weighted by Crippen LogP contribution is 2.19. The van der Waals surface area contributed by atoms with Crippen LogP contribution in [0.15, 0.2) is 16.6 Å². The molecule has 3 N–H and O–H groups in total. The van der Waals surface area contributed by atoms with E-state index >= 15 is 0 Å². The molecule has 0 aromatic heterocycles. The fraction of sp³-hybridized carbons (Fsp3) is 0.333. The zero-order valence-corrected chi connectivity index (χ0v) is 12.0. The van der Waals surface area contributed by atoms with Gasteiger partial charge in [-0.25, -0.2) is 8.78 Å². The molecule has 0 saturated carbocycles. The third-order valence-electron chi connectivity index (χ3n) is 2.40. The van der Waals surface area contributed by atoms with Crippen LogP contribution in [0.1, 0.15) is 23.7 Å². The molecule has 0 radical (unpaired) electrons. The lowest BCUT2D eigenvalue weighted by Crippen LogP contribution is -2.42. The zero-order valence-electron chi connectivity index (χ0n) is 10.4. The van der Waals surface area contributed by atoms with Crippen molar-refractivity contribution in [2.75, 3.05) is 6.54 Å². The Morgan fingerprint density at radius 3 is 2.30 bits per heavy atom. The van der Waals surface area contributed by atoms with Gasteiger partial charge in [-0.05, 0) is 19.1 Å². The Morgan fingerprint density at radius 2 is 1.85 bits per heavy atom. The Hall–Kier alpha value is -1.54. The summed E-state index contributed by atoms with van der Waals surface area (Å²) in [6.07, 6.45) is -0.613. The fourth-order valence-electron chi connectivity index (χ4n) is 1.51. The van der Waals surface area contributed by atoms with Crippen LogP contribution in [0.25, 0.3) is 0 Å². The third-order valence-corrected chi connectivity index (χ3v) is 2.85. The minimum atomic E-state index is -1.72. The molecule has 0 aliphatic rings. The van der Waals surface area contributed by atoms with Crippen LogP contribution in [0, 0.1) is 11.6 Å². The Labute approximate surface area is 121 Å². The number of hydrogen-bond donors (Lipinski definition) is 3. The van der Waals surface area contributed by atoms with Crippen molar-refractivity contribution < 1.29 is 28.6 Å². The smallest absolute Gasteiger partial charge is 0.306 e. The van der Waals surface area contributed by atoms with E-state index in [1.807, 2.05) is 0 Å². The number of carbonyl (C=O) groups is 2. The normalized spacial score (nSPS) is 13.7. The van der Waals surface area contributed by atoms with Crippen LogP contribution in [-0.4, -0.2) is 34.2 Å². The maximum Gasteiger partial charge on any atom is 0.306 e. The Kier molecular flexibility index (Phi) is 5.18. The number of carbonyl (C=O) groups excluding carboxylic acids is 1. The van der Waals surface area contributed by atoms with Crippen molar-refractivity contribution in [3.05, 3.63) is 33.8 Å². The molecule has 0 spiro atoms. The van der Waals surface area contributed by atoms with Crippen molar-refractivity contribution in [2.45, 2.75) is 18.9 Å². The summed E-state index contributed by atoms with van der Waals surface area (Å²) >= 11 is 2.88. The highest BCUT2D eigenvalue weighted by molar-refractivity contribution is 9.10. The number of amides is 1. The predicted octanol–water partition coefficient (Wildman–Crippen LogP) is 1.68. The van der Waals surface area contributed by atoms with Crippen molar-refractivity contribution in [2.24, 2.45) is 0 Å². The van der Waals surface area contributed by atoms with Gasteiger partial charge >= 0.3 is 5.97 Å². The van der Waals surface area contributed by atoms with Crippen molar-refractivity contribution in [1.29, 1.82) is 0 Å². The maximum absolute atomic E-state index is 13.5. The van der Waals surface area contributed by atoms with Crippen LogP contribution < -0.4 is 5.32 Å². The lowest BCUT2D eigenvalue weighted by molar-refractivity contribution is -0.141.